The predicted octanol–water partition coefficient (Wildman–Crippen LogP) is -1.94. The maximum atomic E-state index is 11.7. The number of rotatable bonds is 1. The molecule has 2 rings (SSSR count). The van der Waals surface area contributed by atoms with E-state index in [9.17, 15) is 19.7 Å². The van der Waals surface area contributed by atoms with Crippen LogP contribution in [0.3, 0.4) is 0 Å². The Morgan fingerprint density at radius 2 is 1.88 bits per heavy atom. The second-order valence-electron chi connectivity index (χ2n) is 3.42. The summed E-state index contributed by atoms with van der Waals surface area (Å²) in [6.45, 7) is 0. The highest BCUT2D eigenvalue weighted by Crippen LogP contribution is 2.12. The molecule has 10 nitrogen and oxygen atoms in total. The lowest BCUT2D eigenvalue weighted by molar-refractivity contribution is -0.395. The van der Waals surface area contributed by atoms with E-state index in [0.29, 0.717) is 4.68 Å². The third-order valence-corrected chi connectivity index (χ3v) is 2.44. The Labute approximate surface area is 92.6 Å². The van der Waals surface area contributed by atoms with Crippen LogP contribution in [0.1, 0.15) is 0 Å². The van der Waals surface area contributed by atoms with Gasteiger partial charge < -0.3 is 10.1 Å². The van der Waals surface area contributed by atoms with Gasteiger partial charge in [0.25, 0.3) is 11.2 Å². The van der Waals surface area contributed by atoms with Gasteiger partial charge in [0.05, 0.1) is 0 Å². The molecule has 0 aromatic carbocycles. The molecule has 0 aliphatic heterocycles. The maximum absolute atomic E-state index is 11.7. The first kappa shape index (κ1) is 10.9. The van der Waals surface area contributed by atoms with Crippen molar-refractivity contribution in [2.75, 3.05) is 5.84 Å². The van der Waals surface area contributed by atoms with E-state index in [4.69, 9.17) is 5.84 Å². The quantitative estimate of drug-likeness (QED) is 0.350. The van der Waals surface area contributed by atoms with Crippen LogP contribution in [0, 0.1) is 10.1 Å². The molecule has 0 saturated heterocycles. The third-order valence-electron chi connectivity index (χ3n) is 2.44. The fraction of sp³-hybridized carbons (Fsp3) is 0.286. The Morgan fingerprint density at radius 1 is 1.29 bits per heavy atom. The van der Waals surface area contributed by atoms with Crippen molar-refractivity contribution >= 4 is 17.1 Å². The lowest BCUT2D eigenvalue weighted by Crippen LogP contribution is -2.38. The van der Waals surface area contributed by atoms with Crippen LogP contribution < -0.4 is 17.1 Å². The van der Waals surface area contributed by atoms with Crippen LogP contribution >= 0.6 is 0 Å². The van der Waals surface area contributed by atoms with Crippen LogP contribution in [0.15, 0.2) is 9.59 Å². The summed E-state index contributed by atoms with van der Waals surface area (Å²) in [5.41, 5.74) is -1.67. The lowest BCUT2D eigenvalue weighted by Gasteiger charge is -1.99. The molecule has 0 fully saturated rings. The molecule has 0 bridgehead atoms. The van der Waals surface area contributed by atoms with Gasteiger partial charge in [-0.1, -0.05) is 0 Å². The van der Waals surface area contributed by atoms with Crippen LogP contribution in [0.2, 0.25) is 0 Å². The number of hydrogen-bond donors (Lipinski definition) is 1. The van der Waals surface area contributed by atoms with E-state index in [2.05, 4.69) is 4.98 Å². The molecule has 17 heavy (non-hydrogen) atoms. The van der Waals surface area contributed by atoms with Crippen LogP contribution in [0.25, 0.3) is 11.2 Å². The molecule has 2 aromatic rings. The zero-order valence-corrected chi connectivity index (χ0v) is 8.95. The molecule has 0 amide bonds. The summed E-state index contributed by atoms with van der Waals surface area (Å²) >= 11 is 0. The summed E-state index contributed by atoms with van der Waals surface area (Å²) in [5, 5.41) is 10.6. The Hall–Kier alpha value is -2.65. The Kier molecular flexibility index (Phi) is 2.02. The van der Waals surface area contributed by atoms with Crippen LogP contribution in [-0.4, -0.2) is 23.7 Å². The van der Waals surface area contributed by atoms with Crippen LogP contribution in [0.4, 0.5) is 5.95 Å². The van der Waals surface area contributed by atoms with Gasteiger partial charge in [-0.05, 0) is 9.91 Å². The molecule has 0 unspecified atom stereocenters. The molecule has 0 saturated carbocycles. The maximum Gasteiger partial charge on any atom is 0.459 e. The van der Waals surface area contributed by atoms with E-state index in [1.165, 1.54) is 14.1 Å². The minimum atomic E-state index is -0.829. The summed E-state index contributed by atoms with van der Waals surface area (Å²) in [4.78, 5) is 36.7. The largest absolute Gasteiger partial charge is 0.459 e. The number of hydrogen-bond acceptors (Lipinski definition) is 6. The summed E-state index contributed by atoms with van der Waals surface area (Å²) in [7, 11) is 2.60. The Bertz CT molecular complexity index is 750. The molecule has 2 N–H and O–H groups in total. The highest BCUT2D eigenvalue weighted by Gasteiger charge is 2.26. The molecule has 0 spiro atoms. The van der Waals surface area contributed by atoms with Gasteiger partial charge in [0.2, 0.25) is 0 Å². The van der Waals surface area contributed by atoms with E-state index in [0.717, 1.165) is 9.13 Å². The number of nitro groups is 1. The first-order chi connectivity index (χ1) is 7.86. The second kappa shape index (κ2) is 3.17. The molecule has 0 radical (unpaired) electrons. The zero-order chi connectivity index (χ0) is 12.9. The highest BCUT2D eigenvalue weighted by atomic mass is 16.6. The fourth-order valence-corrected chi connectivity index (χ4v) is 1.53. The predicted molar refractivity (Wildman–Crippen MR) is 57.0 cm³/mol. The number of nitrogens with two attached hydrogens (primary N) is 1. The van der Waals surface area contributed by atoms with E-state index in [1.54, 1.807) is 0 Å². The topological polar surface area (TPSA) is 131 Å². The van der Waals surface area contributed by atoms with Gasteiger partial charge in [0.1, 0.15) is 0 Å². The highest BCUT2D eigenvalue weighted by molar-refractivity contribution is 5.72. The minimum absolute atomic E-state index is 0.118. The van der Waals surface area contributed by atoms with E-state index >= 15 is 0 Å². The number of fused-ring (bicyclic) bond motifs is 1. The number of aromatic nitrogens is 4. The van der Waals surface area contributed by atoms with E-state index in [1.807, 2.05) is 0 Å². The molecule has 90 valence electrons. The molecule has 2 aromatic heterocycles. The average Bonchev–Trinajstić information content (AvgIpc) is 2.62. The van der Waals surface area contributed by atoms with Crippen molar-refractivity contribution in [2.45, 2.75) is 0 Å². The molecule has 0 aliphatic carbocycles. The number of aryl methyl sites for hydroxylation is 1. The summed E-state index contributed by atoms with van der Waals surface area (Å²) < 4.78 is 2.39. The van der Waals surface area contributed by atoms with Gasteiger partial charge in [0, 0.05) is 14.1 Å². The van der Waals surface area contributed by atoms with Gasteiger partial charge >= 0.3 is 17.2 Å². The number of nitrogens with zero attached hydrogens (tertiary/aromatic N) is 5. The van der Waals surface area contributed by atoms with Gasteiger partial charge in [0.15, 0.2) is 0 Å². The van der Waals surface area contributed by atoms with Crippen molar-refractivity contribution in [3.8, 4) is 0 Å². The van der Waals surface area contributed by atoms with Gasteiger partial charge in [-0.2, -0.15) is 0 Å². The van der Waals surface area contributed by atoms with Crippen LogP contribution in [-0.2, 0) is 14.1 Å². The third kappa shape index (κ3) is 1.23. The second-order valence-corrected chi connectivity index (χ2v) is 3.42. The Morgan fingerprint density at radius 3 is 2.41 bits per heavy atom. The molecule has 0 aliphatic rings. The van der Waals surface area contributed by atoms with Gasteiger partial charge in [-0.15, -0.1) is 4.68 Å². The van der Waals surface area contributed by atoms with E-state index in [-0.39, 0.29) is 11.2 Å². The smallest absolute Gasteiger partial charge is 0.390 e. The lowest BCUT2D eigenvalue weighted by atomic mass is 10.5. The van der Waals surface area contributed by atoms with E-state index < -0.39 is 22.1 Å². The summed E-state index contributed by atoms with van der Waals surface area (Å²) in [5.74, 6) is 4.72. The normalized spacial score (nSPS) is 10.9. The van der Waals surface area contributed by atoms with Crippen LogP contribution in [0.5, 0.6) is 0 Å². The van der Waals surface area contributed by atoms with Crippen molar-refractivity contribution in [3.63, 3.8) is 0 Å². The first-order valence-corrected chi connectivity index (χ1v) is 4.44. The van der Waals surface area contributed by atoms with Crippen molar-refractivity contribution in [2.24, 2.45) is 14.1 Å². The fourth-order valence-electron chi connectivity index (χ4n) is 1.53. The molecule has 2 heterocycles. The molecule has 10 heteroatoms. The van der Waals surface area contributed by atoms with Crippen molar-refractivity contribution in [1.82, 2.24) is 18.8 Å². The molecular weight excluding hydrogens is 232 g/mol. The summed E-state index contributed by atoms with van der Waals surface area (Å²) in [6.07, 6.45) is 0. The van der Waals surface area contributed by atoms with Crippen molar-refractivity contribution < 1.29 is 4.92 Å². The summed E-state index contributed by atoms with van der Waals surface area (Å²) in [6, 6.07) is 0. The number of nitrogen functional groups attached to an aromatic ring is 1. The zero-order valence-electron chi connectivity index (χ0n) is 8.95. The average molecular weight is 240 g/mol. The Balaban J connectivity index is 3.14. The number of imidazole rings is 1. The monoisotopic (exact) mass is 240 g/mol. The molecular formula is C7H8N6O4. The van der Waals surface area contributed by atoms with Gasteiger partial charge in [-0.3, -0.25) is 19.8 Å². The van der Waals surface area contributed by atoms with Crippen molar-refractivity contribution in [3.05, 3.63) is 31.0 Å². The first-order valence-electron chi connectivity index (χ1n) is 4.44. The SMILES string of the molecule is Cn1c(=O)c2c(nc([N+](=O)[O-])n2N)n(C)c1=O. The van der Waals surface area contributed by atoms with Crippen molar-refractivity contribution in [1.29, 1.82) is 0 Å². The standard InChI is InChI=1S/C7H8N6O4/c1-10-4-3(5(14)11(2)7(10)15)12(8)6(9-4)13(16)17/h8H2,1-2H3. The minimum Gasteiger partial charge on any atom is -0.390 e. The van der Waals surface area contributed by atoms with Gasteiger partial charge in [-0.25, -0.2) is 4.79 Å². The molecule has 0 atom stereocenters.